The van der Waals surface area contributed by atoms with Gasteiger partial charge in [0.05, 0.1) is 6.61 Å². The van der Waals surface area contributed by atoms with Crippen molar-refractivity contribution in [1.82, 2.24) is 10.2 Å². The van der Waals surface area contributed by atoms with Crippen LogP contribution < -0.4 is 5.32 Å². The van der Waals surface area contributed by atoms with Crippen molar-refractivity contribution in [3.63, 3.8) is 0 Å². The Morgan fingerprint density at radius 3 is 2.73 bits per heavy atom. The van der Waals surface area contributed by atoms with E-state index >= 15 is 0 Å². The summed E-state index contributed by atoms with van der Waals surface area (Å²) in [7, 11) is 1.92. The molecule has 0 aromatic heterocycles. The SMILES string of the molecule is CNC(CO)CCN1CC(C)CCC1C. The summed E-state index contributed by atoms with van der Waals surface area (Å²) in [5.41, 5.74) is 0. The lowest BCUT2D eigenvalue weighted by Gasteiger charge is -2.37. The zero-order chi connectivity index (χ0) is 11.3. The quantitative estimate of drug-likeness (QED) is 0.719. The third kappa shape index (κ3) is 4.09. The largest absolute Gasteiger partial charge is 0.395 e. The Morgan fingerprint density at radius 2 is 2.13 bits per heavy atom. The highest BCUT2D eigenvalue weighted by Gasteiger charge is 2.22. The monoisotopic (exact) mass is 214 g/mol. The van der Waals surface area contributed by atoms with Crippen LogP contribution in [0.4, 0.5) is 0 Å². The molecule has 1 saturated heterocycles. The molecule has 1 rings (SSSR count). The van der Waals surface area contributed by atoms with Crippen molar-refractivity contribution in [1.29, 1.82) is 0 Å². The molecule has 0 aliphatic carbocycles. The fourth-order valence-corrected chi connectivity index (χ4v) is 2.34. The van der Waals surface area contributed by atoms with Gasteiger partial charge in [-0.3, -0.25) is 0 Å². The van der Waals surface area contributed by atoms with Gasteiger partial charge in [-0.05, 0) is 45.7 Å². The second-order valence-corrected chi connectivity index (χ2v) is 4.98. The molecule has 90 valence electrons. The molecule has 15 heavy (non-hydrogen) atoms. The van der Waals surface area contributed by atoms with E-state index in [1.165, 1.54) is 19.4 Å². The number of rotatable bonds is 5. The number of nitrogens with one attached hydrogen (secondary N) is 1. The standard InChI is InChI=1S/C12H26N2O/c1-10-4-5-11(2)14(8-10)7-6-12(9-15)13-3/h10-13,15H,4-9H2,1-3H3. The lowest BCUT2D eigenvalue weighted by atomic mass is 9.94. The molecule has 1 aliphatic heterocycles. The molecule has 1 aliphatic rings. The number of aliphatic hydroxyl groups is 1. The number of likely N-dealkylation sites (N-methyl/N-ethyl adjacent to an activating group) is 1. The van der Waals surface area contributed by atoms with Gasteiger partial charge in [0.2, 0.25) is 0 Å². The Kier molecular flexibility index (Phi) is 5.58. The van der Waals surface area contributed by atoms with Crippen molar-refractivity contribution < 1.29 is 5.11 Å². The molecule has 0 aromatic rings. The van der Waals surface area contributed by atoms with E-state index in [2.05, 4.69) is 24.1 Å². The van der Waals surface area contributed by atoms with E-state index in [-0.39, 0.29) is 12.6 Å². The van der Waals surface area contributed by atoms with Gasteiger partial charge in [0, 0.05) is 18.6 Å². The van der Waals surface area contributed by atoms with E-state index in [1.54, 1.807) is 0 Å². The minimum atomic E-state index is 0.244. The highest BCUT2D eigenvalue weighted by Crippen LogP contribution is 2.21. The average Bonchev–Trinajstić information content (AvgIpc) is 2.24. The van der Waals surface area contributed by atoms with E-state index in [0.717, 1.165) is 24.9 Å². The Balaban J connectivity index is 2.29. The zero-order valence-corrected chi connectivity index (χ0v) is 10.4. The number of piperidine rings is 1. The molecule has 0 aromatic carbocycles. The molecule has 3 nitrogen and oxygen atoms in total. The highest BCUT2D eigenvalue weighted by molar-refractivity contribution is 4.78. The first kappa shape index (κ1) is 12.9. The molecule has 0 spiro atoms. The van der Waals surface area contributed by atoms with Crippen LogP contribution in [0.25, 0.3) is 0 Å². The van der Waals surface area contributed by atoms with Gasteiger partial charge in [-0.25, -0.2) is 0 Å². The van der Waals surface area contributed by atoms with Crippen LogP contribution in [-0.4, -0.2) is 48.8 Å². The maximum absolute atomic E-state index is 9.09. The maximum atomic E-state index is 9.09. The summed E-state index contributed by atoms with van der Waals surface area (Å²) in [6, 6.07) is 0.979. The van der Waals surface area contributed by atoms with Gasteiger partial charge in [0.25, 0.3) is 0 Å². The normalized spacial score (nSPS) is 30.4. The number of aliphatic hydroxyl groups excluding tert-OH is 1. The van der Waals surface area contributed by atoms with Gasteiger partial charge in [-0.1, -0.05) is 6.92 Å². The summed E-state index contributed by atoms with van der Waals surface area (Å²) in [6.45, 7) is 7.23. The third-order valence-corrected chi connectivity index (χ3v) is 3.64. The predicted molar refractivity (Wildman–Crippen MR) is 64.0 cm³/mol. The molecule has 0 bridgehead atoms. The molecule has 3 unspecified atom stereocenters. The van der Waals surface area contributed by atoms with Crippen molar-refractivity contribution in [2.45, 2.75) is 45.2 Å². The Morgan fingerprint density at radius 1 is 1.40 bits per heavy atom. The van der Waals surface area contributed by atoms with Gasteiger partial charge in [0.1, 0.15) is 0 Å². The fraction of sp³-hybridized carbons (Fsp3) is 1.00. The summed E-state index contributed by atoms with van der Waals surface area (Å²) in [6.07, 6.45) is 3.74. The molecule has 0 saturated carbocycles. The van der Waals surface area contributed by atoms with Crippen LogP contribution >= 0.6 is 0 Å². The van der Waals surface area contributed by atoms with E-state index in [4.69, 9.17) is 5.11 Å². The summed E-state index contributed by atoms with van der Waals surface area (Å²) in [5.74, 6) is 0.836. The lowest BCUT2D eigenvalue weighted by molar-refractivity contribution is 0.114. The molecule has 1 heterocycles. The van der Waals surface area contributed by atoms with E-state index in [9.17, 15) is 0 Å². The number of nitrogens with zero attached hydrogens (tertiary/aromatic N) is 1. The summed E-state index contributed by atoms with van der Waals surface area (Å²) >= 11 is 0. The molecular formula is C12H26N2O. The van der Waals surface area contributed by atoms with Crippen molar-refractivity contribution in [3.8, 4) is 0 Å². The Labute approximate surface area is 93.9 Å². The first-order chi connectivity index (χ1) is 7.17. The van der Waals surface area contributed by atoms with Crippen molar-refractivity contribution in [2.75, 3.05) is 26.7 Å². The van der Waals surface area contributed by atoms with Crippen LogP contribution in [0.1, 0.15) is 33.1 Å². The van der Waals surface area contributed by atoms with Crippen LogP contribution in [-0.2, 0) is 0 Å². The molecule has 1 fully saturated rings. The van der Waals surface area contributed by atoms with E-state index in [1.807, 2.05) is 7.05 Å². The van der Waals surface area contributed by atoms with Crippen molar-refractivity contribution >= 4 is 0 Å². The van der Waals surface area contributed by atoms with Crippen molar-refractivity contribution in [2.24, 2.45) is 5.92 Å². The van der Waals surface area contributed by atoms with Gasteiger partial charge in [-0.2, -0.15) is 0 Å². The van der Waals surface area contributed by atoms with Crippen LogP contribution in [0.15, 0.2) is 0 Å². The van der Waals surface area contributed by atoms with Crippen LogP contribution in [0.5, 0.6) is 0 Å². The molecule has 3 atom stereocenters. The minimum absolute atomic E-state index is 0.244. The van der Waals surface area contributed by atoms with Crippen molar-refractivity contribution in [3.05, 3.63) is 0 Å². The molecule has 0 amide bonds. The second kappa shape index (κ2) is 6.46. The van der Waals surface area contributed by atoms with E-state index < -0.39 is 0 Å². The first-order valence-corrected chi connectivity index (χ1v) is 6.19. The predicted octanol–water partition coefficient (Wildman–Crippen LogP) is 1.08. The fourth-order valence-electron chi connectivity index (χ4n) is 2.34. The van der Waals surface area contributed by atoms with Crippen LogP contribution in [0.2, 0.25) is 0 Å². The summed E-state index contributed by atoms with van der Waals surface area (Å²) < 4.78 is 0. The average molecular weight is 214 g/mol. The summed E-state index contributed by atoms with van der Waals surface area (Å²) in [4.78, 5) is 2.56. The first-order valence-electron chi connectivity index (χ1n) is 6.19. The third-order valence-electron chi connectivity index (χ3n) is 3.64. The van der Waals surface area contributed by atoms with Gasteiger partial charge < -0.3 is 15.3 Å². The number of hydrogen-bond donors (Lipinski definition) is 2. The number of hydrogen-bond acceptors (Lipinski definition) is 3. The van der Waals surface area contributed by atoms with E-state index in [0.29, 0.717) is 0 Å². The topological polar surface area (TPSA) is 35.5 Å². The molecular weight excluding hydrogens is 188 g/mol. The van der Waals surface area contributed by atoms with Gasteiger partial charge >= 0.3 is 0 Å². The molecule has 0 radical (unpaired) electrons. The van der Waals surface area contributed by atoms with Crippen LogP contribution in [0, 0.1) is 5.92 Å². The Bertz CT molecular complexity index is 171. The number of likely N-dealkylation sites (tertiary alicyclic amines) is 1. The lowest BCUT2D eigenvalue weighted by Crippen LogP contribution is -2.43. The smallest absolute Gasteiger partial charge is 0.0585 e. The maximum Gasteiger partial charge on any atom is 0.0585 e. The molecule has 2 N–H and O–H groups in total. The van der Waals surface area contributed by atoms with Gasteiger partial charge in [0.15, 0.2) is 0 Å². The minimum Gasteiger partial charge on any atom is -0.395 e. The summed E-state index contributed by atoms with van der Waals surface area (Å²) in [5, 5.41) is 12.2. The van der Waals surface area contributed by atoms with Crippen LogP contribution in [0.3, 0.4) is 0 Å². The highest BCUT2D eigenvalue weighted by atomic mass is 16.3. The zero-order valence-electron chi connectivity index (χ0n) is 10.4. The Hall–Kier alpha value is -0.120. The molecule has 3 heteroatoms. The second-order valence-electron chi connectivity index (χ2n) is 4.98. The van der Waals surface area contributed by atoms with Gasteiger partial charge in [-0.15, -0.1) is 0 Å².